The number of hydrogen-bond donors (Lipinski definition) is 1. The third-order valence-electron chi connectivity index (χ3n) is 6.26. The van der Waals surface area contributed by atoms with Gasteiger partial charge in [-0.1, -0.05) is 6.42 Å². The van der Waals surface area contributed by atoms with E-state index in [1.54, 1.807) is 29.2 Å². The van der Waals surface area contributed by atoms with Crippen molar-refractivity contribution in [1.82, 2.24) is 10.2 Å². The van der Waals surface area contributed by atoms with Crippen LogP contribution in [0.25, 0.3) is 0 Å². The molecule has 3 heterocycles. The second kappa shape index (κ2) is 8.44. The predicted octanol–water partition coefficient (Wildman–Crippen LogP) is 1.58. The number of sulfone groups is 1. The minimum Gasteiger partial charge on any atom is -0.347 e. The van der Waals surface area contributed by atoms with E-state index in [4.69, 9.17) is 0 Å². The smallest absolute Gasteiger partial charge is 0.251 e. The van der Waals surface area contributed by atoms with Gasteiger partial charge in [0.05, 0.1) is 17.5 Å². The predicted molar refractivity (Wildman–Crippen MR) is 112 cm³/mol. The normalized spacial score (nSPS) is 27.7. The summed E-state index contributed by atoms with van der Waals surface area (Å²) in [6.07, 6.45) is 5.82. The highest BCUT2D eigenvalue weighted by molar-refractivity contribution is 7.91. The van der Waals surface area contributed by atoms with Crippen LogP contribution >= 0.6 is 0 Å². The van der Waals surface area contributed by atoms with Crippen molar-refractivity contribution in [1.29, 1.82) is 0 Å². The van der Waals surface area contributed by atoms with Crippen LogP contribution in [0.5, 0.6) is 0 Å². The molecule has 3 saturated heterocycles. The van der Waals surface area contributed by atoms with E-state index in [0.717, 1.165) is 44.5 Å². The summed E-state index contributed by atoms with van der Waals surface area (Å²) in [4.78, 5) is 28.9. The number of anilines is 1. The third kappa shape index (κ3) is 4.64. The molecule has 0 aliphatic carbocycles. The van der Waals surface area contributed by atoms with E-state index in [-0.39, 0.29) is 35.4 Å². The number of nitrogens with zero attached hydrogens (tertiary/aromatic N) is 2. The van der Waals surface area contributed by atoms with Crippen LogP contribution in [0.3, 0.4) is 0 Å². The molecule has 158 valence electrons. The maximum Gasteiger partial charge on any atom is 0.251 e. The Kier molecular flexibility index (Phi) is 5.92. The summed E-state index contributed by atoms with van der Waals surface area (Å²) < 4.78 is 24.5. The van der Waals surface area contributed by atoms with Crippen molar-refractivity contribution >= 4 is 27.3 Å². The first kappa shape index (κ1) is 20.3. The van der Waals surface area contributed by atoms with Crippen LogP contribution in [-0.2, 0) is 14.6 Å². The molecule has 1 aromatic carbocycles. The van der Waals surface area contributed by atoms with E-state index in [1.807, 2.05) is 0 Å². The van der Waals surface area contributed by atoms with Gasteiger partial charge in [0.25, 0.3) is 5.91 Å². The first-order chi connectivity index (χ1) is 13.9. The molecule has 3 aliphatic heterocycles. The molecule has 1 aromatic rings. The summed E-state index contributed by atoms with van der Waals surface area (Å²) in [5.74, 6) is -0.0200. The van der Waals surface area contributed by atoms with Gasteiger partial charge in [0, 0.05) is 30.3 Å². The van der Waals surface area contributed by atoms with Gasteiger partial charge in [-0.25, -0.2) is 8.42 Å². The second-order valence-electron chi connectivity index (χ2n) is 8.37. The number of hydrogen-bond acceptors (Lipinski definition) is 5. The van der Waals surface area contributed by atoms with Gasteiger partial charge < -0.3 is 10.2 Å². The van der Waals surface area contributed by atoms with Crippen LogP contribution in [0.4, 0.5) is 5.69 Å². The lowest BCUT2D eigenvalue weighted by atomic mass is 10.0. The first-order valence-electron chi connectivity index (χ1n) is 10.6. The summed E-state index contributed by atoms with van der Waals surface area (Å²) in [6, 6.07) is 6.50. The van der Waals surface area contributed by atoms with Crippen LogP contribution in [0.2, 0.25) is 0 Å². The number of rotatable bonds is 4. The van der Waals surface area contributed by atoms with Crippen molar-refractivity contribution in [3.05, 3.63) is 29.8 Å². The molecule has 29 heavy (non-hydrogen) atoms. The van der Waals surface area contributed by atoms with Crippen LogP contribution in [0.1, 0.15) is 48.9 Å². The lowest BCUT2D eigenvalue weighted by molar-refractivity contribution is -0.119. The number of piperidine rings is 2. The number of nitrogens with one attached hydrogen (secondary N) is 1. The van der Waals surface area contributed by atoms with Crippen molar-refractivity contribution < 1.29 is 18.0 Å². The highest BCUT2D eigenvalue weighted by atomic mass is 32.2. The Labute approximate surface area is 172 Å². The summed E-state index contributed by atoms with van der Waals surface area (Å²) in [6.45, 7) is 2.50. The molecule has 1 N–H and O–H groups in total. The lowest BCUT2D eigenvalue weighted by Gasteiger charge is -2.35. The monoisotopic (exact) mass is 419 g/mol. The number of carbonyl (C=O) groups excluding carboxylic acids is 2. The molecule has 0 bridgehead atoms. The standard InChI is InChI=1S/C21H29N3O4S/c25-20-6-2-5-13-24(20)17-9-7-16(8-10-17)21(26)22-18-14-29(27,28)15-19(18)23-11-3-1-4-12-23/h7-10,18-19H,1-6,11-15H2,(H,22,26). The number of carbonyl (C=O) groups is 2. The molecular weight excluding hydrogens is 390 g/mol. The highest BCUT2D eigenvalue weighted by Crippen LogP contribution is 2.24. The average molecular weight is 420 g/mol. The van der Waals surface area contributed by atoms with Crippen molar-refractivity contribution in [2.24, 2.45) is 0 Å². The van der Waals surface area contributed by atoms with Crippen LogP contribution in [0.15, 0.2) is 24.3 Å². The molecule has 0 spiro atoms. The zero-order chi connectivity index (χ0) is 20.4. The molecule has 7 nitrogen and oxygen atoms in total. The molecule has 8 heteroatoms. The van der Waals surface area contributed by atoms with E-state index in [1.165, 1.54) is 6.42 Å². The molecule has 0 aromatic heterocycles. The highest BCUT2D eigenvalue weighted by Gasteiger charge is 2.42. The van der Waals surface area contributed by atoms with E-state index in [0.29, 0.717) is 18.5 Å². The Morgan fingerprint density at radius 2 is 1.62 bits per heavy atom. The fourth-order valence-electron chi connectivity index (χ4n) is 4.70. The molecule has 0 saturated carbocycles. The summed E-state index contributed by atoms with van der Waals surface area (Å²) >= 11 is 0. The van der Waals surface area contributed by atoms with Crippen LogP contribution in [-0.4, -0.2) is 68.4 Å². The van der Waals surface area contributed by atoms with Gasteiger partial charge in [-0.15, -0.1) is 0 Å². The number of benzene rings is 1. The van der Waals surface area contributed by atoms with Crippen LogP contribution < -0.4 is 10.2 Å². The topological polar surface area (TPSA) is 86.8 Å². The maximum absolute atomic E-state index is 12.8. The minimum absolute atomic E-state index is 0.000268. The fourth-order valence-corrected chi connectivity index (χ4v) is 6.65. The van der Waals surface area contributed by atoms with Crippen molar-refractivity contribution in [3.8, 4) is 0 Å². The Morgan fingerprint density at radius 1 is 0.931 bits per heavy atom. The summed E-state index contributed by atoms with van der Waals surface area (Å²) in [5.41, 5.74) is 1.29. The molecular formula is C21H29N3O4S. The van der Waals surface area contributed by atoms with Gasteiger partial charge >= 0.3 is 0 Å². The number of likely N-dealkylation sites (tertiary alicyclic amines) is 1. The van der Waals surface area contributed by atoms with Crippen molar-refractivity contribution in [2.75, 3.05) is 36.0 Å². The van der Waals surface area contributed by atoms with Gasteiger partial charge in [-0.3, -0.25) is 14.5 Å². The minimum atomic E-state index is -3.15. The maximum atomic E-state index is 12.8. The Balaban J connectivity index is 1.44. The summed E-state index contributed by atoms with van der Waals surface area (Å²) in [5, 5.41) is 2.97. The fraction of sp³-hybridized carbons (Fsp3) is 0.619. The van der Waals surface area contributed by atoms with Gasteiger partial charge in [0.15, 0.2) is 9.84 Å². The molecule has 3 fully saturated rings. The molecule has 2 amide bonds. The first-order valence-corrected chi connectivity index (χ1v) is 12.4. The number of amides is 2. The summed E-state index contributed by atoms with van der Waals surface area (Å²) in [7, 11) is -3.15. The van der Waals surface area contributed by atoms with Gasteiger partial charge in [0.2, 0.25) is 5.91 Å². The van der Waals surface area contributed by atoms with Gasteiger partial charge in [-0.05, 0) is 63.0 Å². The largest absolute Gasteiger partial charge is 0.347 e. The van der Waals surface area contributed by atoms with E-state index < -0.39 is 9.84 Å². The zero-order valence-electron chi connectivity index (χ0n) is 16.7. The average Bonchev–Trinajstić information content (AvgIpc) is 3.03. The Hall–Kier alpha value is -1.93. The van der Waals surface area contributed by atoms with E-state index >= 15 is 0 Å². The van der Waals surface area contributed by atoms with E-state index in [2.05, 4.69) is 10.2 Å². The molecule has 2 unspecified atom stereocenters. The molecule has 3 aliphatic rings. The zero-order valence-corrected chi connectivity index (χ0v) is 17.5. The SMILES string of the molecule is O=C(NC1CS(=O)(=O)CC1N1CCCCC1)c1ccc(N2CCCCC2=O)cc1. The molecule has 0 radical (unpaired) electrons. The Bertz CT molecular complexity index is 862. The third-order valence-corrected chi connectivity index (χ3v) is 7.98. The van der Waals surface area contributed by atoms with Crippen molar-refractivity contribution in [2.45, 2.75) is 50.6 Å². The molecule has 2 atom stereocenters. The van der Waals surface area contributed by atoms with E-state index in [9.17, 15) is 18.0 Å². The second-order valence-corrected chi connectivity index (χ2v) is 10.5. The lowest BCUT2D eigenvalue weighted by Crippen LogP contribution is -2.52. The van der Waals surface area contributed by atoms with Gasteiger partial charge in [0.1, 0.15) is 0 Å². The quantitative estimate of drug-likeness (QED) is 0.801. The van der Waals surface area contributed by atoms with Gasteiger partial charge in [-0.2, -0.15) is 0 Å². The Morgan fingerprint density at radius 3 is 2.31 bits per heavy atom. The van der Waals surface area contributed by atoms with Crippen LogP contribution in [0, 0.1) is 0 Å². The molecule has 4 rings (SSSR count). The van der Waals surface area contributed by atoms with Crippen molar-refractivity contribution in [3.63, 3.8) is 0 Å².